The number of hydrogen-bond acceptors (Lipinski definition) is 3. The predicted octanol–water partition coefficient (Wildman–Crippen LogP) is 3.39. The summed E-state index contributed by atoms with van der Waals surface area (Å²) in [6, 6.07) is 12.2. The van der Waals surface area contributed by atoms with E-state index in [1.54, 1.807) is 0 Å². The van der Waals surface area contributed by atoms with Gasteiger partial charge in [0.15, 0.2) is 0 Å². The van der Waals surface area contributed by atoms with Crippen molar-refractivity contribution in [2.45, 2.75) is 32.1 Å². The summed E-state index contributed by atoms with van der Waals surface area (Å²) in [4.78, 5) is 16.1. The number of carbonyl (C=O) groups is 1. The minimum Gasteiger partial charge on any atom is -0.326 e. The van der Waals surface area contributed by atoms with Crippen molar-refractivity contribution in [1.29, 1.82) is 0 Å². The summed E-state index contributed by atoms with van der Waals surface area (Å²) in [7, 11) is 0. The Labute approximate surface area is 143 Å². The van der Waals surface area contributed by atoms with E-state index >= 15 is 0 Å². The molecule has 4 heteroatoms. The van der Waals surface area contributed by atoms with Crippen LogP contribution in [0.2, 0.25) is 0 Å². The van der Waals surface area contributed by atoms with Crippen molar-refractivity contribution < 1.29 is 4.79 Å². The number of pyridine rings is 1. The number of hydrogen-bond donors (Lipinski definition) is 2. The Kier molecular flexibility index (Phi) is 5.96. The molecule has 0 aliphatic carbocycles. The van der Waals surface area contributed by atoms with Gasteiger partial charge in [-0.15, -0.1) is 0 Å². The normalized spacial score (nSPS) is 15.2. The molecule has 4 nitrogen and oxygen atoms in total. The van der Waals surface area contributed by atoms with Gasteiger partial charge in [-0.1, -0.05) is 12.1 Å². The van der Waals surface area contributed by atoms with Crippen LogP contribution in [-0.4, -0.2) is 24.0 Å². The molecular weight excluding hydrogens is 298 g/mol. The SMILES string of the molecule is O=C(CCC1CCNCC1)Nc1ccc(Cc2ccncc2)cc1. The number of nitrogens with zero attached hydrogens (tertiary/aromatic N) is 1. The first kappa shape index (κ1) is 16.7. The van der Waals surface area contributed by atoms with Crippen LogP contribution in [0.5, 0.6) is 0 Å². The van der Waals surface area contributed by atoms with Gasteiger partial charge in [0.25, 0.3) is 0 Å². The molecular formula is C20H25N3O. The average molecular weight is 323 g/mol. The summed E-state index contributed by atoms with van der Waals surface area (Å²) in [5.74, 6) is 0.815. The van der Waals surface area contributed by atoms with Gasteiger partial charge >= 0.3 is 0 Å². The average Bonchev–Trinajstić information content (AvgIpc) is 2.63. The monoisotopic (exact) mass is 323 g/mol. The van der Waals surface area contributed by atoms with Crippen LogP contribution < -0.4 is 10.6 Å². The van der Waals surface area contributed by atoms with Gasteiger partial charge in [0, 0.05) is 24.5 Å². The first-order valence-corrected chi connectivity index (χ1v) is 8.78. The number of anilines is 1. The Bertz CT molecular complexity index is 634. The minimum absolute atomic E-state index is 0.121. The molecule has 0 saturated carbocycles. The maximum atomic E-state index is 12.1. The zero-order chi connectivity index (χ0) is 16.6. The van der Waals surface area contributed by atoms with Crippen molar-refractivity contribution in [3.8, 4) is 0 Å². The molecule has 1 fully saturated rings. The number of benzene rings is 1. The summed E-state index contributed by atoms with van der Waals surface area (Å²) < 4.78 is 0. The lowest BCUT2D eigenvalue weighted by molar-refractivity contribution is -0.116. The lowest BCUT2D eigenvalue weighted by Gasteiger charge is -2.22. The molecule has 3 rings (SSSR count). The van der Waals surface area contributed by atoms with Crippen LogP contribution in [-0.2, 0) is 11.2 Å². The lowest BCUT2D eigenvalue weighted by Crippen LogP contribution is -2.28. The molecule has 126 valence electrons. The Balaban J connectivity index is 1.45. The molecule has 1 saturated heterocycles. The van der Waals surface area contributed by atoms with Gasteiger partial charge in [-0.2, -0.15) is 0 Å². The molecule has 0 spiro atoms. The van der Waals surface area contributed by atoms with Gasteiger partial charge in [-0.3, -0.25) is 9.78 Å². The van der Waals surface area contributed by atoms with Crippen molar-refractivity contribution >= 4 is 11.6 Å². The number of nitrogens with one attached hydrogen (secondary N) is 2. The van der Waals surface area contributed by atoms with Gasteiger partial charge < -0.3 is 10.6 Å². The summed E-state index contributed by atoms with van der Waals surface area (Å²) in [6.07, 6.45) is 8.50. The van der Waals surface area contributed by atoms with Crippen molar-refractivity contribution in [3.05, 3.63) is 59.9 Å². The molecule has 0 bridgehead atoms. The molecule has 2 aromatic rings. The Morgan fingerprint density at radius 1 is 1.04 bits per heavy atom. The molecule has 1 aliphatic rings. The highest BCUT2D eigenvalue weighted by Crippen LogP contribution is 2.19. The molecule has 24 heavy (non-hydrogen) atoms. The minimum atomic E-state index is 0.121. The van der Waals surface area contributed by atoms with Crippen LogP contribution >= 0.6 is 0 Å². The smallest absolute Gasteiger partial charge is 0.224 e. The third-order valence-corrected chi connectivity index (χ3v) is 4.63. The first-order valence-electron chi connectivity index (χ1n) is 8.78. The van der Waals surface area contributed by atoms with Gasteiger partial charge in [0.2, 0.25) is 5.91 Å². The van der Waals surface area contributed by atoms with Gasteiger partial charge in [0.05, 0.1) is 0 Å². The third-order valence-electron chi connectivity index (χ3n) is 4.63. The van der Waals surface area contributed by atoms with Gasteiger partial charge in [0.1, 0.15) is 0 Å². The molecule has 2 N–H and O–H groups in total. The molecule has 1 aliphatic heterocycles. The highest BCUT2D eigenvalue weighted by molar-refractivity contribution is 5.90. The van der Waals surface area contributed by atoms with E-state index in [2.05, 4.69) is 27.8 Å². The second kappa shape index (κ2) is 8.60. The van der Waals surface area contributed by atoms with E-state index < -0.39 is 0 Å². The van der Waals surface area contributed by atoms with Crippen LogP contribution in [0.25, 0.3) is 0 Å². The fourth-order valence-electron chi connectivity index (χ4n) is 3.17. The molecule has 2 heterocycles. The van der Waals surface area contributed by atoms with Crippen LogP contribution in [0.1, 0.15) is 36.8 Å². The van der Waals surface area contributed by atoms with Gasteiger partial charge in [-0.25, -0.2) is 0 Å². The van der Waals surface area contributed by atoms with Crippen molar-refractivity contribution in [2.75, 3.05) is 18.4 Å². The van der Waals surface area contributed by atoms with Crippen LogP contribution in [0, 0.1) is 5.92 Å². The zero-order valence-electron chi connectivity index (χ0n) is 14.0. The maximum absolute atomic E-state index is 12.1. The highest BCUT2D eigenvalue weighted by Gasteiger charge is 2.14. The second-order valence-corrected chi connectivity index (χ2v) is 6.51. The topological polar surface area (TPSA) is 54.0 Å². The zero-order valence-corrected chi connectivity index (χ0v) is 14.0. The first-order chi connectivity index (χ1) is 11.8. The summed E-state index contributed by atoms with van der Waals surface area (Å²) in [6.45, 7) is 2.18. The van der Waals surface area contributed by atoms with Gasteiger partial charge in [-0.05, 0) is 80.1 Å². The Morgan fingerprint density at radius 2 is 1.71 bits per heavy atom. The summed E-state index contributed by atoms with van der Waals surface area (Å²) in [5.41, 5.74) is 3.35. The maximum Gasteiger partial charge on any atom is 0.224 e. The van der Waals surface area contributed by atoms with E-state index in [0.29, 0.717) is 12.3 Å². The number of carbonyl (C=O) groups excluding carboxylic acids is 1. The number of aromatic nitrogens is 1. The largest absolute Gasteiger partial charge is 0.326 e. The highest BCUT2D eigenvalue weighted by atomic mass is 16.1. The molecule has 1 amide bonds. The fourth-order valence-corrected chi connectivity index (χ4v) is 3.17. The Morgan fingerprint density at radius 3 is 2.42 bits per heavy atom. The number of amides is 1. The van der Waals surface area contributed by atoms with E-state index in [4.69, 9.17) is 0 Å². The van der Waals surface area contributed by atoms with Crippen LogP contribution in [0.15, 0.2) is 48.8 Å². The van der Waals surface area contributed by atoms with Crippen LogP contribution in [0.4, 0.5) is 5.69 Å². The fraction of sp³-hybridized carbons (Fsp3) is 0.400. The van der Waals surface area contributed by atoms with Crippen molar-refractivity contribution in [3.63, 3.8) is 0 Å². The standard InChI is InChI=1S/C20H25N3O/c24-20(6-3-16-7-11-21-12-8-16)23-19-4-1-17(2-5-19)15-18-9-13-22-14-10-18/h1-2,4-5,9-10,13-14,16,21H,3,6-8,11-12,15H2,(H,23,24). The van der Waals surface area contributed by atoms with E-state index in [1.807, 2.05) is 36.7 Å². The molecule has 0 radical (unpaired) electrons. The van der Waals surface area contributed by atoms with E-state index in [9.17, 15) is 4.79 Å². The van der Waals surface area contributed by atoms with E-state index in [0.717, 1.165) is 31.6 Å². The van der Waals surface area contributed by atoms with Crippen LogP contribution in [0.3, 0.4) is 0 Å². The Hall–Kier alpha value is -2.20. The van der Waals surface area contributed by atoms with Crippen molar-refractivity contribution in [1.82, 2.24) is 10.3 Å². The third kappa shape index (κ3) is 5.17. The molecule has 0 atom stereocenters. The quantitative estimate of drug-likeness (QED) is 0.857. The lowest BCUT2D eigenvalue weighted by atomic mass is 9.93. The molecule has 1 aromatic carbocycles. The molecule has 0 unspecified atom stereocenters. The molecule has 1 aromatic heterocycles. The summed E-state index contributed by atoms with van der Waals surface area (Å²) >= 11 is 0. The summed E-state index contributed by atoms with van der Waals surface area (Å²) in [5, 5.41) is 6.37. The van der Waals surface area contributed by atoms with Crippen molar-refractivity contribution in [2.24, 2.45) is 5.92 Å². The van der Waals surface area contributed by atoms with E-state index in [-0.39, 0.29) is 5.91 Å². The number of rotatable bonds is 6. The van der Waals surface area contributed by atoms with E-state index in [1.165, 1.54) is 24.0 Å². The number of piperidine rings is 1. The second-order valence-electron chi connectivity index (χ2n) is 6.51. The predicted molar refractivity (Wildman–Crippen MR) is 96.9 cm³/mol.